The quantitative estimate of drug-likeness (QED) is 0.920. The molecule has 0 bridgehead atoms. The van der Waals surface area contributed by atoms with Gasteiger partial charge in [-0.05, 0) is 31.4 Å². The van der Waals surface area contributed by atoms with Crippen LogP contribution in [0.1, 0.15) is 51.3 Å². The number of rotatable bonds is 3. The van der Waals surface area contributed by atoms with Gasteiger partial charge in [0.2, 0.25) is 0 Å². The molecular formula is C15H22N4. The molecule has 3 rings (SSSR count). The van der Waals surface area contributed by atoms with Crippen molar-refractivity contribution in [2.75, 3.05) is 0 Å². The number of hydrogen-bond acceptors (Lipinski definition) is 3. The lowest BCUT2D eigenvalue weighted by Crippen LogP contribution is -2.41. The largest absolute Gasteiger partial charge is 0.319 e. The summed E-state index contributed by atoms with van der Waals surface area (Å²) in [5.74, 6) is 1.04. The number of pyridine rings is 1. The predicted molar refractivity (Wildman–Crippen MR) is 76.8 cm³/mol. The summed E-state index contributed by atoms with van der Waals surface area (Å²) < 4.78 is 2.24. The first-order valence-electron chi connectivity index (χ1n) is 7.35. The van der Waals surface area contributed by atoms with Crippen LogP contribution in [-0.2, 0) is 12.1 Å². The fourth-order valence-electron chi connectivity index (χ4n) is 3.18. The van der Waals surface area contributed by atoms with Gasteiger partial charge in [-0.3, -0.25) is 0 Å². The summed E-state index contributed by atoms with van der Waals surface area (Å²) in [4.78, 5) is 9.29. The lowest BCUT2D eigenvalue weighted by molar-refractivity contribution is 0.278. The van der Waals surface area contributed by atoms with E-state index in [1.54, 1.807) is 0 Å². The van der Waals surface area contributed by atoms with Gasteiger partial charge in [0.05, 0.1) is 5.54 Å². The number of fused-ring (bicyclic) bond motifs is 1. The molecule has 19 heavy (non-hydrogen) atoms. The molecule has 4 heteroatoms. The van der Waals surface area contributed by atoms with Crippen LogP contribution in [0.4, 0.5) is 0 Å². The predicted octanol–water partition coefficient (Wildman–Crippen LogP) is 2.96. The molecule has 0 aliphatic heterocycles. The summed E-state index contributed by atoms with van der Waals surface area (Å²) in [6.45, 7) is 3.13. The minimum Gasteiger partial charge on any atom is -0.319 e. The summed E-state index contributed by atoms with van der Waals surface area (Å²) in [5, 5.41) is 0. The Morgan fingerprint density at radius 2 is 2.11 bits per heavy atom. The monoisotopic (exact) mass is 258 g/mol. The zero-order valence-corrected chi connectivity index (χ0v) is 11.6. The highest BCUT2D eigenvalue weighted by Gasteiger charge is 2.34. The maximum absolute atomic E-state index is 6.66. The van der Waals surface area contributed by atoms with Crippen LogP contribution in [0.3, 0.4) is 0 Å². The standard InChI is InChI=1S/C15H22N4/c1-2-11-19-13-12(7-6-10-17-13)18-14(19)15(16)8-4-3-5-9-15/h6-7,10H,2-5,8-9,11,16H2,1H3. The molecule has 0 amide bonds. The van der Waals surface area contributed by atoms with Gasteiger partial charge in [-0.25, -0.2) is 9.97 Å². The normalized spacial score (nSPS) is 18.8. The molecular weight excluding hydrogens is 236 g/mol. The molecule has 2 aromatic heterocycles. The highest BCUT2D eigenvalue weighted by Crippen LogP contribution is 2.35. The van der Waals surface area contributed by atoms with Crippen molar-refractivity contribution in [3.63, 3.8) is 0 Å². The second kappa shape index (κ2) is 4.93. The van der Waals surface area contributed by atoms with E-state index in [9.17, 15) is 0 Å². The smallest absolute Gasteiger partial charge is 0.160 e. The maximum Gasteiger partial charge on any atom is 0.160 e. The van der Waals surface area contributed by atoms with Crippen molar-refractivity contribution >= 4 is 11.2 Å². The zero-order chi connectivity index (χ0) is 13.3. The van der Waals surface area contributed by atoms with Gasteiger partial charge >= 0.3 is 0 Å². The van der Waals surface area contributed by atoms with Gasteiger partial charge in [0, 0.05) is 12.7 Å². The van der Waals surface area contributed by atoms with Crippen LogP contribution in [0, 0.1) is 0 Å². The molecule has 0 spiro atoms. The number of hydrogen-bond donors (Lipinski definition) is 1. The van der Waals surface area contributed by atoms with Crippen molar-refractivity contribution in [2.24, 2.45) is 5.73 Å². The molecule has 1 aliphatic rings. The molecule has 102 valence electrons. The molecule has 2 aromatic rings. The third kappa shape index (κ3) is 2.14. The highest BCUT2D eigenvalue weighted by molar-refractivity contribution is 5.71. The number of imidazole rings is 1. The Labute approximate surface area is 114 Å². The van der Waals surface area contributed by atoms with Crippen LogP contribution in [0.25, 0.3) is 11.2 Å². The number of aromatic nitrogens is 3. The third-order valence-electron chi connectivity index (χ3n) is 4.14. The van der Waals surface area contributed by atoms with E-state index < -0.39 is 0 Å². The summed E-state index contributed by atoms with van der Waals surface area (Å²) in [6, 6.07) is 3.98. The molecule has 1 fully saturated rings. The average molecular weight is 258 g/mol. The first kappa shape index (κ1) is 12.6. The second-order valence-corrected chi connectivity index (χ2v) is 5.65. The molecule has 0 saturated heterocycles. The summed E-state index contributed by atoms with van der Waals surface area (Å²) >= 11 is 0. The topological polar surface area (TPSA) is 56.7 Å². The van der Waals surface area contributed by atoms with Crippen molar-refractivity contribution in [2.45, 2.75) is 57.5 Å². The van der Waals surface area contributed by atoms with Crippen molar-refractivity contribution < 1.29 is 0 Å². The molecule has 2 N–H and O–H groups in total. The lowest BCUT2D eigenvalue weighted by Gasteiger charge is -2.33. The van der Waals surface area contributed by atoms with Gasteiger partial charge in [0.15, 0.2) is 5.65 Å². The van der Waals surface area contributed by atoms with Gasteiger partial charge in [0.1, 0.15) is 11.3 Å². The van der Waals surface area contributed by atoms with Gasteiger partial charge in [-0.1, -0.05) is 26.2 Å². The van der Waals surface area contributed by atoms with Crippen molar-refractivity contribution in [3.05, 3.63) is 24.2 Å². The van der Waals surface area contributed by atoms with E-state index >= 15 is 0 Å². The van der Waals surface area contributed by atoms with E-state index in [2.05, 4.69) is 16.5 Å². The molecule has 2 heterocycles. The number of nitrogens with two attached hydrogens (primary N) is 1. The average Bonchev–Trinajstić information content (AvgIpc) is 2.80. The molecule has 0 aromatic carbocycles. The van der Waals surface area contributed by atoms with Crippen LogP contribution in [0.2, 0.25) is 0 Å². The van der Waals surface area contributed by atoms with Crippen molar-refractivity contribution in [3.8, 4) is 0 Å². The lowest BCUT2D eigenvalue weighted by atomic mass is 9.82. The molecule has 0 unspecified atom stereocenters. The van der Waals surface area contributed by atoms with E-state index in [-0.39, 0.29) is 5.54 Å². The summed E-state index contributed by atoms with van der Waals surface area (Å²) in [7, 11) is 0. The van der Waals surface area contributed by atoms with Gasteiger partial charge in [0.25, 0.3) is 0 Å². The number of nitrogens with zero attached hydrogens (tertiary/aromatic N) is 3. The van der Waals surface area contributed by atoms with Crippen LogP contribution < -0.4 is 5.73 Å². The van der Waals surface area contributed by atoms with Crippen molar-refractivity contribution in [1.29, 1.82) is 0 Å². The van der Waals surface area contributed by atoms with Crippen LogP contribution in [0.15, 0.2) is 18.3 Å². The minimum atomic E-state index is -0.256. The molecule has 1 aliphatic carbocycles. The molecule has 1 saturated carbocycles. The van der Waals surface area contributed by atoms with Crippen molar-refractivity contribution in [1.82, 2.24) is 14.5 Å². The van der Waals surface area contributed by atoms with Gasteiger partial charge < -0.3 is 10.3 Å². The second-order valence-electron chi connectivity index (χ2n) is 5.65. The fraction of sp³-hybridized carbons (Fsp3) is 0.600. The highest BCUT2D eigenvalue weighted by atomic mass is 15.2. The Morgan fingerprint density at radius 3 is 2.84 bits per heavy atom. The fourth-order valence-corrected chi connectivity index (χ4v) is 3.18. The van der Waals surface area contributed by atoms with E-state index in [4.69, 9.17) is 10.7 Å². The minimum absolute atomic E-state index is 0.256. The zero-order valence-electron chi connectivity index (χ0n) is 11.6. The Hall–Kier alpha value is -1.42. The summed E-state index contributed by atoms with van der Waals surface area (Å²) in [6.07, 6.45) is 8.71. The molecule has 0 radical (unpaired) electrons. The molecule has 0 atom stereocenters. The van der Waals surface area contributed by atoms with Gasteiger partial charge in [-0.2, -0.15) is 0 Å². The SMILES string of the molecule is CCCn1c(C2(N)CCCCC2)nc2cccnc21. The van der Waals surface area contributed by atoms with E-state index in [1.807, 2.05) is 18.3 Å². The Bertz CT molecular complexity index is 567. The van der Waals surface area contributed by atoms with Crippen LogP contribution >= 0.6 is 0 Å². The Morgan fingerprint density at radius 1 is 1.32 bits per heavy atom. The third-order valence-corrected chi connectivity index (χ3v) is 4.14. The van der Waals surface area contributed by atoms with Crippen LogP contribution in [-0.4, -0.2) is 14.5 Å². The van der Waals surface area contributed by atoms with Gasteiger partial charge in [-0.15, -0.1) is 0 Å². The van der Waals surface area contributed by atoms with E-state index in [0.717, 1.165) is 42.8 Å². The Kier molecular flexibility index (Phi) is 3.27. The van der Waals surface area contributed by atoms with E-state index in [0.29, 0.717) is 0 Å². The van der Waals surface area contributed by atoms with Crippen LogP contribution in [0.5, 0.6) is 0 Å². The summed E-state index contributed by atoms with van der Waals surface area (Å²) in [5.41, 5.74) is 8.36. The number of aryl methyl sites for hydroxylation is 1. The first-order valence-corrected chi connectivity index (χ1v) is 7.35. The van der Waals surface area contributed by atoms with E-state index in [1.165, 1.54) is 19.3 Å². The maximum atomic E-state index is 6.66. The molecule has 4 nitrogen and oxygen atoms in total. The Balaban J connectivity index is 2.13. The first-order chi connectivity index (χ1) is 9.24.